The minimum absolute atomic E-state index is 0.0475. The summed E-state index contributed by atoms with van der Waals surface area (Å²) in [6, 6.07) is 21.7. The molecule has 0 spiro atoms. The van der Waals surface area contributed by atoms with Gasteiger partial charge < -0.3 is 9.72 Å². The minimum atomic E-state index is -0.518. The lowest BCUT2D eigenvalue weighted by Gasteiger charge is -2.31. The molecular weight excluding hydrogens is 490 g/mol. The maximum Gasteiger partial charge on any atom is 0.253 e. The van der Waals surface area contributed by atoms with E-state index < -0.39 is 6.04 Å². The van der Waals surface area contributed by atoms with Crippen LogP contribution in [0.3, 0.4) is 0 Å². The molecule has 2 aromatic carbocycles. The molecule has 9 heteroatoms. The van der Waals surface area contributed by atoms with E-state index in [0.717, 1.165) is 47.0 Å². The van der Waals surface area contributed by atoms with Crippen LogP contribution in [0.2, 0.25) is 0 Å². The Labute approximate surface area is 226 Å². The van der Waals surface area contributed by atoms with Crippen molar-refractivity contribution in [3.05, 3.63) is 118 Å². The van der Waals surface area contributed by atoms with Gasteiger partial charge in [-0.15, -0.1) is 5.10 Å². The molecule has 0 bridgehead atoms. The Morgan fingerprint density at radius 1 is 1.08 bits per heavy atom. The van der Waals surface area contributed by atoms with Crippen molar-refractivity contribution in [3.8, 4) is 0 Å². The highest BCUT2D eigenvalue weighted by molar-refractivity contribution is 5.82. The number of aromatic amines is 1. The Bertz CT molecular complexity index is 1550. The van der Waals surface area contributed by atoms with Crippen LogP contribution in [-0.2, 0) is 24.4 Å². The second kappa shape index (κ2) is 11.3. The molecule has 0 radical (unpaired) electrons. The van der Waals surface area contributed by atoms with Crippen molar-refractivity contribution in [3.63, 3.8) is 0 Å². The standard InChI is InChI=1S/C30H31N7O2/c1-21-8-5-12-24-16-26(30(38)32-27(21)24)28(29-33-34-35-37(29)20-25-13-7-15-39-25)36(18-22-9-3-2-4-10-22)19-23-11-6-14-31-17-23/h2-6,8-12,14,16-17,25,28H,7,13,15,18-20H2,1H3,(H,32,38)/t25-,28-/m1/s1. The van der Waals surface area contributed by atoms with E-state index >= 15 is 0 Å². The predicted octanol–water partition coefficient (Wildman–Crippen LogP) is 4.19. The third-order valence-corrected chi connectivity index (χ3v) is 7.32. The number of tetrazole rings is 1. The number of nitrogens with zero attached hydrogens (tertiary/aromatic N) is 6. The zero-order valence-electron chi connectivity index (χ0n) is 21.9. The van der Waals surface area contributed by atoms with Crippen LogP contribution in [0.15, 0.2) is 83.9 Å². The number of rotatable bonds is 9. The second-order valence-electron chi connectivity index (χ2n) is 10.1. The number of pyridine rings is 2. The van der Waals surface area contributed by atoms with Crippen molar-refractivity contribution in [1.29, 1.82) is 0 Å². The number of aryl methyl sites for hydroxylation is 1. The molecule has 0 amide bonds. The van der Waals surface area contributed by atoms with Gasteiger partial charge in [0.2, 0.25) is 0 Å². The van der Waals surface area contributed by atoms with E-state index in [2.05, 4.69) is 42.5 Å². The normalized spacial score (nSPS) is 16.2. The van der Waals surface area contributed by atoms with Crippen LogP contribution >= 0.6 is 0 Å². The zero-order valence-corrected chi connectivity index (χ0v) is 21.9. The number of aromatic nitrogens is 6. The highest BCUT2D eigenvalue weighted by atomic mass is 16.5. The van der Waals surface area contributed by atoms with Crippen molar-refractivity contribution in [2.75, 3.05) is 6.61 Å². The van der Waals surface area contributed by atoms with Crippen LogP contribution in [0.25, 0.3) is 10.9 Å². The van der Waals surface area contributed by atoms with Crippen LogP contribution < -0.4 is 5.56 Å². The number of ether oxygens (including phenoxy) is 1. The maximum atomic E-state index is 13.8. The molecule has 1 aliphatic rings. The lowest BCUT2D eigenvalue weighted by molar-refractivity contribution is 0.0903. The van der Waals surface area contributed by atoms with Gasteiger partial charge in [0.15, 0.2) is 5.82 Å². The summed E-state index contributed by atoms with van der Waals surface area (Å²) in [7, 11) is 0. The summed E-state index contributed by atoms with van der Waals surface area (Å²) in [5.74, 6) is 0.614. The summed E-state index contributed by atoms with van der Waals surface area (Å²) in [5.41, 5.74) is 4.45. The molecular formula is C30H31N7O2. The Morgan fingerprint density at radius 3 is 2.72 bits per heavy atom. The quantitative estimate of drug-likeness (QED) is 0.310. The molecule has 39 heavy (non-hydrogen) atoms. The smallest absolute Gasteiger partial charge is 0.253 e. The van der Waals surface area contributed by atoms with E-state index in [1.54, 1.807) is 6.20 Å². The van der Waals surface area contributed by atoms with Gasteiger partial charge in [0.1, 0.15) is 6.04 Å². The molecule has 5 aromatic rings. The Kier molecular flexibility index (Phi) is 7.25. The number of fused-ring (bicyclic) bond motifs is 1. The molecule has 1 saturated heterocycles. The van der Waals surface area contributed by atoms with Gasteiger partial charge in [-0.25, -0.2) is 4.68 Å². The summed E-state index contributed by atoms with van der Waals surface area (Å²) in [6.07, 6.45) is 5.66. The van der Waals surface area contributed by atoms with E-state index in [1.807, 2.05) is 72.4 Å². The third-order valence-electron chi connectivity index (χ3n) is 7.32. The zero-order chi connectivity index (χ0) is 26.6. The number of benzene rings is 2. The molecule has 3 aromatic heterocycles. The van der Waals surface area contributed by atoms with E-state index in [-0.39, 0.29) is 11.7 Å². The van der Waals surface area contributed by atoms with Crippen molar-refractivity contribution in [1.82, 2.24) is 35.1 Å². The highest BCUT2D eigenvalue weighted by Gasteiger charge is 2.32. The molecule has 6 rings (SSSR count). The monoisotopic (exact) mass is 521 g/mol. The first-order chi connectivity index (χ1) is 19.2. The number of para-hydroxylation sites is 1. The second-order valence-corrected chi connectivity index (χ2v) is 10.1. The third kappa shape index (κ3) is 5.50. The summed E-state index contributed by atoms with van der Waals surface area (Å²) in [5, 5.41) is 13.9. The average Bonchev–Trinajstić information content (AvgIpc) is 3.64. The predicted molar refractivity (Wildman–Crippen MR) is 148 cm³/mol. The van der Waals surface area contributed by atoms with Crippen molar-refractivity contribution in [2.24, 2.45) is 0 Å². The van der Waals surface area contributed by atoms with Gasteiger partial charge in [0.05, 0.1) is 18.2 Å². The van der Waals surface area contributed by atoms with Crippen LogP contribution in [-0.4, -0.2) is 47.8 Å². The van der Waals surface area contributed by atoms with E-state index in [4.69, 9.17) is 4.74 Å². The summed E-state index contributed by atoms with van der Waals surface area (Å²) >= 11 is 0. The first-order valence-electron chi connectivity index (χ1n) is 13.3. The van der Waals surface area contributed by atoms with Gasteiger partial charge in [-0.3, -0.25) is 14.7 Å². The largest absolute Gasteiger partial charge is 0.376 e. The fourth-order valence-electron chi connectivity index (χ4n) is 5.40. The van der Waals surface area contributed by atoms with Gasteiger partial charge in [0, 0.05) is 37.7 Å². The lowest BCUT2D eigenvalue weighted by atomic mass is 10.0. The van der Waals surface area contributed by atoms with E-state index in [0.29, 0.717) is 31.0 Å². The Hall–Kier alpha value is -4.21. The lowest BCUT2D eigenvalue weighted by Crippen LogP contribution is -2.35. The summed E-state index contributed by atoms with van der Waals surface area (Å²) in [4.78, 5) is 23.5. The first kappa shape index (κ1) is 25.1. The molecule has 9 nitrogen and oxygen atoms in total. The van der Waals surface area contributed by atoms with Crippen LogP contribution in [0.4, 0.5) is 0 Å². The number of hydrogen-bond donors (Lipinski definition) is 1. The molecule has 0 aliphatic carbocycles. The van der Waals surface area contributed by atoms with E-state index in [1.165, 1.54) is 0 Å². The highest BCUT2D eigenvalue weighted by Crippen LogP contribution is 2.31. The molecule has 1 fully saturated rings. The number of H-pyrrole nitrogens is 1. The van der Waals surface area contributed by atoms with Crippen molar-refractivity contribution in [2.45, 2.75) is 51.5 Å². The van der Waals surface area contributed by atoms with Gasteiger partial charge in [-0.2, -0.15) is 0 Å². The van der Waals surface area contributed by atoms with Gasteiger partial charge >= 0.3 is 0 Å². The first-order valence-corrected chi connectivity index (χ1v) is 13.3. The van der Waals surface area contributed by atoms with Gasteiger partial charge in [0.25, 0.3) is 5.56 Å². The fourth-order valence-corrected chi connectivity index (χ4v) is 5.40. The fraction of sp³-hybridized carbons (Fsp3) is 0.300. The van der Waals surface area contributed by atoms with E-state index in [9.17, 15) is 4.79 Å². The van der Waals surface area contributed by atoms with Gasteiger partial charge in [-0.05, 0) is 64.4 Å². The van der Waals surface area contributed by atoms with Crippen molar-refractivity contribution < 1.29 is 4.74 Å². The molecule has 4 heterocycles. The van der Waals surface area contributed by atoms with Crippen LogP contribution in [0.5, 0.6) is 0 Å². The average molecular weight is 522 g/mol. The van der Waals surface area contributed by atoms with Crippen LogP contribution in [0.1, 0.15) is 47.0 Å². The maximum absolute atomic E-state index is 13.8. The summed E-state index contributed by atoms with van der Waals surface area (Å²) in [6.45, 7) is 4.41. The van der Waals surface area contributed by atoms with Crippen molar-refractivity contribution >= 4 is 10.9 Å². The SMILES string of the molecule is Cc1cccc2cc([C@H](c3nnnn3C[C@H]3CCCO3)N(Cc3ccccc3)Cc3cccnc3)c(=O)[nH]c12. The van der Waals surface area contributed by atoms with Crippen LogP contribution in [0, 0.1) is 6.92 Å². The molecule has 2 atom stereocenters. The van der Waals surface area contributed by atoms with Gasteiger partial charge in [-0.1, -0.05) is 54.6 Å². The Morgan fingerprint density at radius 2 is 1.92 bits per heavy atom. The molecule has 198 valence electrons. The topological polar surface area (TPSA) is 102 Å². The molecule has 0 saturated carbocycles. The summed E-state index contributed by atoms with van der Waals surface area (Å²) < 4.78 is 7.71. The number of hydrogen-bond acceptors (Lipinski definition) is 7. The Balaban J connectivity index is 1.51. The molecule has 1 N–H and O–H groups in total. The molecule has 0 unspecified atom stereocenters. The molecule has 1 aliphatic heterocycles. The minimum Gasteiger partial charge on any atom is -0.376 e. The number of nitrogens with one attached hydrogen (secondary N) is 1.